The largest absolute Gasteiger partial charge is 0.336 e. The van der Waals surface area contributed by atoms with Crippen LogP contribution in [-0.2, 0) is 6.54 Å². The van der Waals surface area contributed by atoms with Crippen LogP contribution in [0.4, 0.5) is 0 Å². The van der Waals surface area contributed by atoms with Gasteiger partial charge in [0.05, 0.1) is 22.0 Å². The smallest absolute Gasteiger partial charge is 0.255 e. The third kappa shape index (κ3) is 4.76. The highest BCUT2D eigenvalue weighted by molar-refractivity contribution is 6.33. The van der Waals surface area contributed by atoms with E-state index in [2.05, 4.69) is 76.2 Å². The van der Waals surface area contributed by atoms with Gasteiger partial charge in [-0.2, -0.15) is 0 Å². The maximum atomic E-state index is 13.0. The van der Waals surface area contributed by atoms with Gasteiger partial charge in [0.2, 0.25) is 0 Å². The number of pyridine rings is 1. The van der Waals surface area contributed by atoms with E-state index < -0.39 is 0 Å². The first kappa shape index (κ1) is 23.5. The Labute approximate surface area is 221 Å². The van der Waals surface area contributed by atoms with Gasteiger partial charge in [-0.3, -0.25) is 9.69 Å². The summed E-state index contributed by atoms with van der Waals surface area (Å²) in [5, 5.41) is 0.502. The van der Waals surface area contributed by atoms with Gasteiger partial charge >= 0.3 is 0 Å². The maximum absolute atomic E-state index is 13.0. The zero-order valence-electron chi connectivity index (χ0n) is 20.4. The third-order valence-electron chi connectivity index (χ3n) is 7.01. The van der Waals surface area contributed by atoms with E-state index in [1.165, 1.54) is 5.56 Å². The van der Waals surface area contributed by atoms with Crippen LogP contribution in [0.2, 0.25) is 5.02 Å². The van der Waals surface area contributed by atoms with E-state index in [4.69, 9.17) is 16.6 Å². The topological polar surface area (TPSA) is 40.9 Å². The molecule has 0 saturated carbocycles. The number of carbonyl (C=O) groups is 1. The van der Waals surface area contributed by atoms with Crippen molar-refractivity contribution < 1.29 is 4.79 Å². The molecule has 1 saturated heterocycles. The Kier molecular flexibility index (Phi) is 6.47. The van der Waals surface area contributed by atoms with Crippen molar-refractivity contribution in [2.75, 3.05) is 26.2 Å². The molecule has 6 heteroatoms. The Balaban J connectivity index is 1.29. The van der Waals surface area contributed by atoms with Crippen LogP contribution in [0, 0.1) is 0 Å². The van der Waals surface area contributed by atoms with E-state index in [-0.39, 0.29) is 5.91 Å². The van der Waals surface area contributed by atoms with Crippen LogP contribution in [0.25, 0.3) is 28.0 Å². The SMILES string of the molecule is O=C(c1ccccc1Cl)N1CCN(Cc2c(-c3ccccc3)nc3ccc(-c4ccccc4)cn23)CC1. The van der Waals surface area contributed by atoms with Gasteiger partial charge in [-0.05, 0) is 35.4 Å². The van der Waals surface area contributed by atoms with Crippen molar-refractivity contribution in [3.05, 3.63) is 120 Å². The monoisotopic (exact) mass is 506 g/mol. The predicted molar refractivity (Wildman–Crippen MR) is 149 cm³/mol. The second-order valence-corrected chi connectivity index (χ2v) is 9.74. The van der Waals surface area contributed by atoms with E-state index in [0.29, 0.717) is 23.7 Å². The van der Waals surface area contributed by atoms with Crippen LogP contribution in [-0.4, -0.2) is 51.3 Å². The fraction of sp³-hybridized carbons (Fsp3) is 0.161. The average molecular weight is 507 g/mol. The molecule has 0 spiro atoms. The van der Waals surface area contributed by atoms with E-state index in [1.54, 1.807) is 12.1 Å². The van der Waals surface area contributed by atoms with Crippen LogP contribution < -0.4 is 0 Å². The zero-order chi connectivity index (χ0) is 25.2. The molecule has 1 aliphatic rings. The Morgan fingerprint density at radius 3 is 2.08 bits per heavy atom. The fourth-order valence-electron chi connectivity index (χ4n) is 5.00. The number of piperazine rings is 1. The summed E-state index contributed by atoms with van der Waals surface area (Å²) in [5.41, 5.74) is 7.10. The van der Waals surface area contributed by atoms with Gasteiger partial charge in [-0.15, -0.1) is 0 Å². The number of carbonyl (C=O) groups excluding carboxylic acids is 1. The molecule has 0 unspecified atom stereocenters. The second kappa shape index (κ2) is 10.2. The van der Waals surface area contributed by atoms with Crippen LogP contribution >= 0.6 is 11.6 Å². The Hall–Kier alpha value is -3.93. The fourth-order valence-corrected chi connectivity index (χ4v) is 5.22. The molecule has 6 rings (SSSR count). The molecular weight excluding hydrogens is 480 g/mol. The number of rotatable bonds is 5. The molecule has 0 N–H and O–H groups in total. The Morgan fingerprint density at radius 2 is 1.38 bits per heavy atom. The average Bonchev–Trinajstić information content (AvgIpc) is 3.32. The molecule has 0 atom stereocenters. The van der Waals surface area contributed by atoms with Crippen molar-refractivity contribution >= 4 is 23.2 Å². The van der Waals surface area contributed by atoms with Crippen molar-refractivity contribution in [2.45, 2.75) is 6.54 Å². The minimum atomic E-state index is -0.00229. The van der Waals surface area contributed by atoms with Crippen molar-refractivity contribution in [2.24, 2.45) is 0 Å². The van der Waals surface area contributed by atoms with Gasteiger partial charge in [0, 0.05) is 44.5 Å². The molecular formula is C31H27ClN4O. The Morgan fingerprint density at radius 1 is 0.730 bits per heavy atom. The number of nitrogens with zero attached hydrogens (tertiary/aromatic N) is 4. The second-order valence-electron chi connectivity index (χ2n) is 9.33. The van der Waals surface area contributed by atoms with Gasteiger partial charge < -0.3 is 9.30 Å². The number of hydrogen-bond donors (Lipinski definition) is 0. The molecule has 3 heterocycles. The third-order valence-corrected chi connectivity index (χ3v) is 7.34. The number of benzene rings is 3. The van der Waals surface area contributed by atoms with Gasteiger partial charge in [-0.1, -0.05) is 84.4 Å². The number of aromatic nitrogens is 2. The molecule has 5 aromatic rings. The molecule has 0 bridgehead atoms. The van der Waals surface area contributed by atoms with Crippen LogP contribution in [0.1, 0.15) is 16.1 Å². The van der Waals surface area contributed by atoms with Crippen molar-refractivity contribution in [1.82, 2.24) is 19.2 Å². The van der Waals surface area contributed by atoms with E-state index in [1.807, 2.05) is 29.2 Å². The quantitative estimate of drug-likeness (QED) is 0.282. The molecule has 1 fully saturated rings. The lowest BCUT2D eigenvalue weighted by Gasteiger charge is -2.35. The number of hydrogen-bond acceptors (Lipinski definition) is 3. The summed E-state index contributed by atoms with van der Waals surface area (Å²) in [6.07, 6.45) is 2.19. The Bertz CT molecular complexity index is 1540. The lowest BCUT2D eigenvalue weighted by atomic mass is 10.1. The highest BCUT2D eigenvalue weighted by Gasteiger charge is 2.25. The normalized spacial score (nSPS) is 14.2. The molecule has 5 nitrogen and oxygen atoms in total. The van der Waals surface area contributed by atoms with Gasteiger partial charge in [0.25, 0.3) is 5.91 Å². The van der Waals surface area contributed by atoms with Crippen LogP contribution in [0.15, 0.2) is 103 Å². The summed E-state index contributed by atoms with van der Waals surface area (Å²) < 4.78 is 2.23. The van der Waals surface area contributed by atoms with Crippen molar-refractivity contribution in [3.8, 4) is 22.4 Å². The lowest BCUT2D eigenvalue weighted by Crippen LogP contribution is -2.48. The summed E-state index contributed by atoms with van der Waals surface area (Å²) in [5.74, 6) is -0.00229. The number of halogens is 1. The standard InChI is InChI=1S/C31H27ClN4O/c32-27-14-8-7-13-26(27)31(37)35-19-17-34(18-20-35)22-28-30(24-11-5-2-6-12-24)33-29-16-15-25(21-36(28)29)23-9-3-1-4-10-23/h1-16,21H,17-20,22H2. The summed E-state index contributed by atoms with van der Waals surface area (Å²) in [7, 11) is 0. The molecule has 3 aromatic carbocycles. The van der Waals surface area contributed by atoms with E-state index in [0.717, 1.165) is 47.8 Å². The van der Waals surface area contributed by atoms with Crippen LogP contribution in [0.3, 0.4) is 0 Å². The molecule has 37 heavy (non-hydrogen) atoms. The number of amides is 1. The summed E-state index contributed by atoms with van der Waals surface area (Å²) in [4.78, 5) is 22.4. The van der Waals surface area contributed by atoms with Gasteiger partial charge in [0.15, 0.2) is 0 Å². The first-order chi connectivity index (χ1) is 18.2. The van der Waals surface area contributed by atoms with Crippen molar-refractivity contribution in [1.29, 1.82) is 0 Å². The minimum Gasteiger partial charge on any atom is -0.336 e. The highest BCUT2D eigenvalue weighted by Crippen LogP contribution is 2.29. The number of imidazole rings is 1. The minimum absolute atomic E-state index is 0.00229. The first-order valence-corrected chi connectivity index (χ1v) is 12.9. The molecule has 1 aliphatic heterocycles. The van der Waals surface area contributed by atoms with E-state index in [9.17, 15) is 4.79 Å². The maximum Gasteiger partial charge on any atom is 0.255 e. The van der Waals surface area contributed by atoms with Gasteiger partial charge in [0.1, 0.15) is 5.65 Å². The van der Waals surface area contributed by atoms with Gasteiger partial charge in [-0.25, -0.2) is 4.98 Å². The first-order valence-electron chi connectivity index (χ1n) is 12.6. The predicted octanol–water partition coefficient (Wildman–Crippen LogP) is 6.28. The summed E-state index contributed by atoms with van der Waals surface area (Å²) >= 11 is 6.28. The molecule has 0 radical (unpaired) electrons. The van der Waals surface area contributed by atoms with Crippen molar-refractivity contribution in [3.63, 3.8) is 0 Å². The van der Waals surface area contributed by atoms with E-state index >= 15 is 0 Å². The molecule has 0 aliphatic carbocycles. The molecule has 184 valence electrons. The van der Waals surface area contributed by atoms with Crippen LogP contribution in [0.5, 0.6) is 0 Å². The summed E-state index contributed by atoms with van der Waals surface area (Å²) in [6.45, 7) is 3.65. The zero-order valence-corrected chi connectivity index (χ0v) is 21.2. The molecule has 1 amide bonds. The lowest BCUT2D eigenvalue weighted by molar-refractivity contribution is 0.0627. The summed E-state index contributed by atoms with van der Waals surface area (Å²) in [6, 6.07) is 32.3. The molecule has 2 aromatic heterocycles. The highest BCUT2D eigenvalue weighted by atomic mass is 35.5. The number of fused-ring (bicyclic) bond motifs is 1.